The lowest BCUT2D eigenvalue weighted by molar-refractivity contribution is 0.164. The summed E-state index contributed by atoms with van der Waals surface area (Å²) in [6.45, 7) is 10.3. The molecular formula is C13H24N2OS. The van der Waals surface area contributed by atoms with Crippen molar-refractivity contribution in [3.05, 3.63) is 16.1 Å². The molecule has 0 aliphatic carbocycles. The molecule has 17 heavy (non-hydrogen) atoms. The fourth-order valence-electron chi connectivity index (χ4n) is 1.49. The lowest BCUT2D eigenvalue weighted by Gasteiger charge is -2.15. The van der Waals surface area contributed by atoms with Crippen LogP contribution in [0.15, 0.2) is 5.38 Å². The van der Waals surface area contributed by atoms with Gasteiger partial charge in [-0.15, -0.1) is 11.3 Å². The van der Waals surface area contributed by atoms with E-state index in [2.05, 4.69) is 43.4 Å². The van der Waals surface area contributed by atoms with Gasteiger partial charge in [-0.25, -0.2) is 4.98 Å². The highest BCUT2D eigenvalue weighted by atomic mass is 32.1. The van der Waals surface area contributed by atoms with E-state index in [4.69, 9.17) is 4.74 Å². The minimum Gasteiger partial charge on any atom is -0.383 e. The van der Waals surface area contributed by atoms with Crippen molar-refractivity contribution in [2.75, 3.05) is 13.7 Å². The first-order valence-electron chi connectivity index (χ1n) is 6.14. The molecule has 0 fully saturated rings. The average Bonchev–Trinajstić information content (AvgIpc) is 2.72. The summed E-state index contributed by atoms with van der Waals surface area (Å²) in [5, 5.41) is 6.79. The summed E-state index contributed by atoms with van der Waals surface area (Å²) >= 11 is 1.73. The summed E-state index contributed by atoms with van der Waals surface area (Å²) in [7, 11) is 1.74. The molecule has 0 saturated carbocycles. The van der Waals surface area contributed by atoms with Gasteiger partial charge in [0, 0.05) is 30.5 Å². The van der Waals surface area contributed by atoms with Gasteiger partial charge in [0.25, 0.3) is 0 Å². The fraction of sp³-hybridized carbons (Fsp3) is 0.769. The van der Waals surface area contributed by atoms with E-state index in [1.165, 1.54) is 5.69 Å². The maximum absolute atomic E-state index is 5.16. The van der Waals surface area contributed by atoms with E-state index in [0.29, 0.717) is 6.04 Å². The molecule has 1 heterocycles. The SMILES string of the molecule is CCC(COC)NCc1nc(C(C)(C)C)cs1. The van der Waals surface area contributed by atoms with Crippen molar-refractivity contribution < 1.29 is 4.74 Å². The van der Waals surface area contributed by atoms with Crippen molar-refractivity contribution in [1.82, 2.24) is 10.3 Å². The van der Waals surface area contributed by atoms with Gasteiger partial charge in [-0.05, 0) is 6.42 Å². The van der Waals surface area contributed by atoms with Crippen LogP contribution in [0.1, 0.15) is 44.8 Å². The Morgan fingerprint density at radius 1 is 1.47 bits per heavy atom. The van der Waals surface area contributed by atoms with Crippen LogP contribution in [0.4, 0.5) is 0 Å². The van der Waals surface area contributed by atoms with Gasteiger partial charge in [0.05, 0.1) is 12.3 Å². The van der Waals surface area contributed by atoms with Crippen molar-refractivity contribution in [3.63, 3.8) is 0 Å². The summed E-state index contributed by atoms with van der Waals surface area (Å²) in [5.41, 5.74) is 1.32. The molecule has 0 aromatic carbocycles. The van der Waals surface area contributed by atoms with E-state index >= 15 is 0 Å². The highest BCUT2D eigenvalue weighted by molar-refractivity contribution is 7.09. The Hall–Kier alpha value is -0.450. The molecule has 1 aromatic rings. The molecule has 0 amide bonds. The van der Waals surface area contributed by atoms with E-state index in [-0.39, 0.29) is 5.41 Å². The van der Waals surface area contributed by atoms with Crippen LogP contribution < -0.4 is 5.32 Å². The van der Waals surface area contributed by atoms with Crippen LogP contribution >= 0.6 is 11.3 Å². The molecule has 0 radical (unpaired) electrons. The number of thiazole rings is 1. The molecule has 0 aliphatic heterocycles. The first-order chi connectivity index (χ1) is 7.97. The molecule has 1 aromatic heterocycles. The minimum atomic E-state index is 0.144. The van der Waals surface area contributed by atoms with Gasteiger partial charge in [-0.1, -0.05) is 27.7 Å². The number of methoxy groups -OCH3 is 1. The molecule has 1 rings (SSSR count). The summed E-state index contributed by atoms with van der Waals surface area (Å²) in [6.07, 6.45) is 1.07. The summed E-state index contributed by atoms with van der Waals surface area (Å²) in [6, 6.07) is 0.419. The molecule has 1 N–H and O–H groups in total. The third-order valence-electron chi connectivity index (χ3n) is 2.72. The molecule has 4 heteroatoms. The average molecular weight is 256 g/mol. The Kier molecular flexibility index (Phi) is 5.56. The quantitative estimate of drug-likeness (QED) is 0.849. The van der Waals surface area contributed by atoms with E-state index in [9.17, 15) is 0 Å². The van der Waals surface area contributed by atoms with Gasteiger partial charge < -0.3 is 10.1 Å². The predicted molar refractivity (Wildman–Crippen MR) is 73.6 cm³/mol. The Morgan fingerprint density at radius 2 is 2.18 bits per heavy atom. The number of nitrogens with zero attached hydrogens (tertiary/aromatic N) is 1. The van der Waals surface area contributed by atoms with Gasteiger partial charge in [-0.3, -0.25) is 0 Å². The number of hydrogen-bond acceptors (Lipinski definition) is 4. The third-order valence-corrected chi connectivity index (χ3v) is 3.57. The van der Waals surface area contributed by atoms with Gasteiger partial charge >= 0.3 is 0 Å². The zero-order chi connectivity index (χ0) is 12.9. The van der Waals surface area contributed by atoms with Crippen LogP contribution in [-0.2, 0) is 16.7 Å². The largest absolute Gasteiger partial charge is 0.383 e. The molecule has 0 spiro atoms. The molecule has 98 valence electrons. The Balaban J connectivity index is 2.49. The maximum atomic E-state index is 5.16. The molecule has 0 saturated heterocycles. The molecule has 1 unspecified atom stereocenters. The van der Waals surface area contributed by atoms with Crippen LogP contribution in [0.5, 0.6) is 0 Å². The summed E-state index contributed by atoms with van der Waals surface area (Å²) in [5.74, 6) is 0. The minimum absolute atomic E-state index is 0.144. The summed E-state index contributed by atoms with van der Waals surface area (Å²) < 4.78 is 5.16. The number of aromatic nitrogens is 1. The van der Waals surface area contributed by atoms with Gasteiger partial charge in [0.1, 0.15) is 5.01 Å². The van der Waals surface area contributed by atoms with Crippen molar-refractivity contribution >= 4 is 11.3 Å². The second-order valence-electron chi connectivity index (χ2n) is 5.32. The van der Waals surface area contributed by atoms with Crippen molar-refractivity contribution in [2.45, 2.75) is 52.1 Å². The van der Waals surface area contributed by atoms with E-state index in [0.717, 1.165) is 24.6 Å². The topological polar surface area (TPSA) is 34.1 Å². The van der Waals surface area contributed by atoms with Gasteiger partial charge in [0.15, 0.2) is 0 Å². The zero-order valence-corrected chi connectivity index (χ0v) is 12.4. The number of nitrogens with one attached hydrogen (secondary N) is 1. The van der Waals surface area contributed by atoms with E-state index in [1.807, 2.05) is 0 Å². The summed E-state index contributed by atoms with van der Waals surface area (Å²) in [4.78, 5) is 4.66. The number of hydrogen-bond donors (Lipinski definition) is 1. The lowest BCUT2D eigenvalue weighted by Crippen LogP contribution is -2.32. The van der Waals surface area contributed by atoms with Crippen molar-refractivity contribution in [1.29, 1.82) is 0 Å². The third kappa shape index (κ3) is 4.74. The number of rotatable bonds is 6. The van der Waals surface area contributed by atoms with Crippen LogP contribution in [-0.4, -0.2) is 24.7 Å². The van der Waals surface area contributed by atoms with E-state index < -0.39 is 0 Å². The lowest BCUT2D eigenvalue weighted by atomic mass is 9.93. The van der Waals surface area contributed by atoms with Crippen LogP contribution in [0.25, 0.3) is 0 Å². The van der Waals surface area contributed by atoms with Gasteiger partial charge in [0.2, 0.25) is 0 Å². The predicted octanol–water partition coefficient (Wildman–Crippen LogP) is 2.96. The Morgan fingerprint density at radius 3 is 2.65 bits per heavy atom. The van der Waals surface area contributed by atoms with Crippen LogP contribution in [0.2, 0.25) is 0 Å². The smallest absolute Gasteiger partial charge is 0.107 e. The van der Waals surface area contributed by atoms with Crippen LogP contribution in [0, 0.1) is 0 Å². The van der Waals surface area contributed by atoms with Crippen molar-refractivity contribution in [2.24, 2.45) is 0 Å². The second kappa shape index (κ2) is 6.47. The highest BCUT2D eigenvalue weighted by Crippen LogP contribution is 2.23. The Bertz CT molecular complexity index is 330. The standard InChI is InChI=1S/C13H24N2OS/c1-6-10(8-16-5)14-7-12-15-11(9-17-12)13(2,3)4/h9-10,14H,6-8H2,1-5H3. The molecule has 0 aliphatic rings. The van der Waals surface area contributed by atoms with Crippen molar-refractivity contribution in [3.8, 4) is 0 Å². The molecule has 1 atom stereocenters. The molecular weight excluding hydrogens is 232 g/mol. The number of ether oxygens (including phenoxy) is 1. The maximum Gasteiger partial charge on any atom is 0.107 e. The first kappa shape index (κ1) is 14.6. The first-order valence-corrected chi connectivity index (χ1v) is 7.02. The highest BCUT2D eigenvalue weighted by Gasteiger charge is 2.17. The second-order valence-corrected chi connectivity index (χ2v) is 6.26. The Labute approximate surface area is 109 Å². The van der Waals surface area contributed by atoms with Gasteiger partial charge in [-0.2, -0.15) is 0 Å². The van der Waals surface area contributed by atoms with Crippen LogP contribution in [0.3, 0.4) is 0 Å². The fourth-order valence-corrected chi connectivity index (χ4v) is 2.46. The zero-order valence-electron chi connectivity index (χ0n) is 11.5. The molecule has 3 nitrogen and oxygen atoms in total. The van der Waals surface area contributed by atoms with E-state index in [1.54, 1.807) is 18.4 Å². The molecule has 0 bridgehead atoms. The normalized spacial score (nSPS) is 13.9. The monoisotopic (exact) mass is 256 g/mol.